The molecule has 1 N–H and O–H groups in total. The predicted molar refractivity (Wildman–Crippen MR) is 94.6 cm³/mol. The molecular weight excluding hydrogens is 324 g/mol. The largest absolute Gasteiger partial charge is 0.354 e. The van der Waals surface area contributed by atoms with Crippen LogP contribution in [-0.2, 0) is 0 Å². The number of hydrogen-bond acceptors (Lipinski definition) is 6. The molecule has 0 saturated carbocycles. The Bertz CT molecular complexity index is 982. The third-order valence-electron chi connectivity index (χ3n) is 3.52. The normalized spacial score (nSPS) is 10.3. The fraction of sp³-hybridized carbons (Fsp3) is 0.0588. The maximum Gasteiger partial charge on any atom is 0.270 e. The van der Waals surface area contributed by atoms with Crippen LogP contribution in [0.15, 0.2) is 53.6 Å². The Hall–Kier alpha value is -3.11. The van der Waals surface area contributed by atoms with Gasteiger partial charge in [-0.1, -0.05) is 6.07 Å². The van der Waals surface area contributed by atoms with Crippen LogP contribution in [0.2, 0.25) is 0 Å². The van der Waals surface area contributed by atoms with Crippen molar-refractivity contribution in [1.82, 2.24) is 4.98 Å². The van der Waals surface area contributed by atoms with Crippen LogP contribution in [0.3, 0.4) is 0 Å². The summed E-state index contributed by atoms with van der Waals surface area (Å²) in [5.41, 5.74) is 2.20. The van der Waals surface area contributed by atoms with Gasteiger partial charge in [0.2, 0.25) is 0 Å². The lowest BCUT2D eigenvalue weighted by atomic mass is 10.1. The van der Waals surface area contributed by atoms with Gasteiger partial charge in [0, 0.05) is 34.3 Å². The lowest BCUT2D eigenvalue weighted by Gasteiger charge is -2.12. The summed E-state index contributed by atoms with van der Waals surface area (Å²) in [6, 6.07) is 14.2. The number of non-ortho nitro benzene ring substituents is 1. The van der Waals surface area contributed by atoms with Crippen LogP contribution < -0.4 is 5.32 Å². The predicted octanol–water partition coefficient (Wildman–Crippen LogP) is 4.48. The molecule has 1 aromatic heterocycles. The molecule has 3 aromatic rings. The van der Waals surface area contributed by atoms with E-state index in [1.165, 1.54) is 18.3 Å². The van der Waals surface area contributed by atoms with Crippen molar-refractivity contribution in [3.63, 3.8) is 0 Å². The summed E-state index contributed by atoms with van der Waals surface area (Å²) in [5, 5.41) is 24.2. The molecule has 0 bridgehead atoms. The number of thioether (sulfide) groups is 1. The smallest absolute Gasteiger partial charge is 0.270 e. The van der Waals surface area contributed by atoms with Crippen molar-refractivity contribution in [1.29, 1.82) is 5.26 Å². The molecule has 0 spiro atoms. The Balaban J connectivity index is 2.18. The van der Waals surface area contributed by atoms with Crippen molar-refractivity contribution in [3.05, 3.63) is 64.3 Å². The van der Waals surface area contributed by atoms with Gasteiger partial charge in [0.05, 0.1) is 21.7 Å². The highest BCUT2D eigenvalue weighted by molar-refractivity contribution is 7.98. The first-order valence-electron chi connectivity index (χ1n) is 7.00. The molecule has 3 rings (SSSR count). The zero-order valence-corrected chi connectivity index (χ0v) is 13.5. The van der Waals surface area contributed by atoms with E-state index in [0.717, 1.165) is 10.6 Å². The summed E-state index contributed by atoms with van der Waals surface area (Å²) in [4.78, 5) is 15.9. The van der Waals surface area contributed by atoms with Gasteiger partial charge in [-0.05, 0) is 30.5 Å². The van der Waals surface area contributed by atoms with Gasteiger partial charge < -0.3 is 5.32 Å². The van der Waals surface area contributed by atoms with Gasteiger partial charge in [-0.15, -0.1) is 11.8 Å². The van der Waals surface area contributed by atoms with Crippen molar-refractivity contribution >= 4 is 39.7 Å². The van der Waals surface area contributed by atoms with E-state index < -0.39 is 4.92 Å². The van der Waals surface area contributed by atoms with E-state index in [2.05, 4.69) is 16.4 Å². The second-order valence-electron chi connectivity index (χ2n) is 4.97. The monoisotopic (exact) mass is 336 g/mol. The number of hydrogen-bond donors (Lipinski definition) is 1. The maximum absolute atomic E-state index is 11.0. The Kier molecular flexibility index (Phi) is 4.31. The van der Waals surface area contributed by atoms with Gasteiger partial charge >= 0.3 is 0 Å². The highest BCUT2D eigenvalue weighted by Gasteiger charge is 2.14. The Morgan fingerprint density at radius 3 is 2.83 bits per heavy atom. The first-order chi connectivity index (χ1) is 11.6. The first kappa shape index (κ1) is 15.8. The molecule has 0 aliphatic heterocycles. The average Bonchev–Trinajstić information content (AvgIpc) is 2.61. The zero-order chi connectivity index (χ0) is 17.1. The van der Waals surface area contributed by atoms with Crippen molar-refractivity contribution in [2.24, 2.45) is 0 Å². The molecule has 0 atom stereocenters. The van der Waals surface area contributed by atoms with Gasteiger partial charge in [0.25, 0.3) is 5.69 Å². The average molecular weight is 336 g/mol. The number of anilines is 2. The van der Waals surface area contributed by atoms with E-state index in [1.807, 2.05) is 30.5 Å². The lowest BCUT2D eigenvalue weighted by Crippen LogP contribution is -1.98. The number of nitrogens with zero attached hydrogens (tertiary/aromatic N) is 3. The standard InChI is InChI=1S/C17H12N4O2S/c1-24-14-4-2-3-12(7-14)20-17-11(9-18)10-19-16-6-5-13(21(22)23)8-15(16)17/h2-8,10H,1H3,(H,19,20). The van der Waals surface area contributed by atoms with E-state index >= 15 is 0 Å². The second-order valence-corrected chi connectivity index (χ2v) is 5.85. The lowest BCUT2D eigenvalue weighted by molar-refractivity contribution is -0.384. The molecule has 0 unspecified atom stereocenters. The van der Waals surface area contributed by atoms with Crippen molar-refractivity contribution in [2.75, 3.05) is 11.6 Å². The van der Waals surface area contributed by atoms with E-state index in [-0.39, 0.29) is 5.69 Å². The third-order valence-corrected chi connectivity index (χ3v) is 4.25. The van der Waals surface area contributed by atoms with Crippen LogP contribution in [0.1, 0.15) is 5.56 Å². The number of nitriles is 1. The summed E-state index contributed by atoms with van der Waals surface area (Å²) in [6.45, 7) is 0. The van der Waals surface area contributed by atoms with Crippen LogP contribution >= 0.6 is 11.8 Å². The third kappa shape index (κ3) is 3.00. The zero-order valence-electron chi connectivity index (χ0n) is 12.7. The fourth-order valence-electron chi connectivity index (χ4n) is 2.36. The number of aromatic nitrogens is 1. The van der Waals surface area contributed by atoms with Crippen molar-refractivity contribution in [3.8, 4) is 6.07 Å². The number of rotatable bonds is 4. The molecule has 0 aliphatic rings. The second kappa shape index (κ2) is 6.56. The molecule has 0 aliphatic carbocycles. The van der Waals surface area contributed by atoms with Crippen LogP contribution in [-0.4, -0.2) is 16.2 Å². The molecule has 6 nitrogen and oxygen atoms in total. The Labute approximate surface area is 142 Å². The topological polar surface area (TPSA) is 91.8 Å². The molecule has 118 valence electrons. The molecule has 7 heteroatoms. The molecule has 24 heavy (non-hydrogen) atoms. The number of nitro groups is 1. The van der Waals surface area contributed by atoms with Gasteiger partial charge in [-0.25, -0.2) is 0 Å². The molecule has 0 amide bonds. The number of benzene rings is 2. The summed E-state index contributed by atoms with van der Waals surface area (Å²) >= 11 is 1.61. The minimum Gasteiger partial charge on any atom is -0.354 e. The van der Waals surface area contributed by atoms with Crippen LogP contribution in [0.25, 0.3) is 10.9 Å². The van der Waals surface area contributed by atoms with Crippen LogP contribution in [0, 0.1) is 21.4 Å². The quantitative estimate of drug-likeness (QED) is 0.429. The van der Waals surface area contributed by atoms with Crippen LogP contribution in [0.5, 0.6) is 0 Å². The molecular formula is C17H12N4O2S. The Morgan fingerprint density at radius 2 is 2.12 bits per heavy atom. The molecule has 0 radical (unpaired) electrons. The van der Waals surface area contributed by atoms with E-state index in [9.17, 15) is 15.4 Å². The minimum atomic E-state index is -0.462. The van der Waals surface area contributed by atoms with E-state index in [4.69, 9.17) is 0 Å². The van der Waals surface area contributed by atoms with Gasteiger partial charge in [-0.2, -0.15) is 5.26 Å². The Morgan fingerprint density at radius 1 is 1.29 bits per heavy atom. The molecule has 0 saturated heterocycles. The van der Waals surface area contributed by atoms with E-state index in [0.29, 0.717) is 22.2 Å². The molecule has 2 aromatic carbocycles. The highest BCUT2D eigenvalue weighted by atomic mass is 32.2. The van der Waals surface area contributed by atoms with E-state index in [1.54, 1.807) is 17.8 Å². The summed E-state index contributed by atoms with van der Waals surface area (Å²) in [5.74, 6) is 0. The first-order valence-corrected chi connectivity index (χ1v) is 8.23. The fourth-order valence-corrected chi connectivity index (χ4v) is 2.82. The van der Waals surface area contributed by atoms with Crippen molar-refractivity contribution < 1.29 is 4.92 Å². The van der Waals surface area contributed by atoms with Gasteiger partial charge in [-0.3, -0.25) is 15.1 Å². The molecule has 1 heterocycles. The maximum atomic E-state index is 11.0. The van der Waals surface area contributed by atoms with Crippen LogP contribution in [0.4, 0.5) is 17.1 Å². The van der Waals surface area contributed by atoms with Gasteiger partial charge in [0.15, 0.2) is 0 Å². The van der Waals surface area contributed by atoms with Crippen molar-refractivity contribution in [2.45, 2.75) is 4.90 Å². The number of nitrogens with one attached hydrogen (secondary N) is 1. The number of pyridine rings is 1. The SMILES string of the molecule is CSc1cccc(Nc2c(C#N)cnc3ccc([N+](=O)[O-])cc23)c1. The number of fused-ring (bicyclic) bond motifs is 1. The molecule has 0 fully saturated rings. The van der Waals surface area contributed by atoms with Gasteiger partial charge in [0.1, 0.15) is 6.07 Å². The summed E-state index contributed by atoms with van der Waals surface area (Å²) in [7, 11) is 0. The minimum absolute atomic E-state index is 0.0414. The summed E-state index contributed by atoms with van der Waals surface area (Å²) < 4.78 is 0. The number of nitro benzene ring substituents is 1. The highest BCUT2D eigenvalue weighted by Crippen LogP contribution is 2.32. The summed E-state index contributed by atoms with van der Waals surface area (Å²) in [6.07, 6.45) is 3.44.